The van der Waals surface area contributed by atoms with Crippen LogP contribution in [0.4, 0.5) is 14.5 Å². The predicted molar refractivity (Wildman–Crippen MR) is 141 cm³/mol. The number of para-hydroxylation sites is 1. The second-order valence-corrected chi connectivity index (χ2v) is 9.35. The van der Waals surface area contributed by atoms with Crippen LogP contribution in [0.1, 0.15) is 63.6 Å². The Balaban J connectivity index is 1.76. The van der Waals surface area contributed by atoms with Gasteiger partial charge in [-0.05, 0) is 80.4 Å². The van der Waals surface area contributed by atoms with Gasteiger partial charge in [-0.25, -0.2) is 8.78 Å². The van der Waals surface area contributed by atoms with Gasteiger partial charge in [-0.15, -0.1) is 0 Å². The molecule has 2 aromatic carbocycles. The quantitative estimate of drug-likeness (QED) is 0.414. The summed E-state index contributed by atoms with van der Waals surface area (Å²) in [4.78, 5) is 0. The zero-order chi connectivity index (χ0) is 24.9. The molecule has 2 atom stereocenters. The summed E-state index contributed by atoms with van der Waals surface area (Å²) in [6, 6.07) is 12.5. The standard InChI is InChI=1S/C30H35F2N3/c1-4-5-11-22-19(2)29(20(3)34-30-24(31)13-8-14-25(30)32)26(33)15-9-16-27(22)35-28-18-17-21-10-6-7-12-23(21)28/h5-8,10-14,16,26,28,34-35H,4,9,15,17-18,33H2,1-3H3/b11-5-,22-19+,27-16+,29-20-. The van der Waals surface area contributed by atoms with E-state index in [0.29, 0.717) is 5.70 Å². The van der Waals surface area contributed by atoms with Crippen molar-refractivity contribution >= 4 is 5.69 Å². The number of aryl methyl sites for hydroxylation is 1. The van der Waals surface area contributed by atoms with Gasteiger partial charge in [0.25, 0.3) is 0 Å². The minimum atomic E-state index is -0.626. The Morgan fingerprint density at radius 3 is 2.57 bits per heavy atom. The van der Waals surface area contributed by atoms with Gasteiger partial charge in [0.15, 0.2) is 0 Å². The third kappa shape index (κ3) is 5.40. The molecule has 2 aliphatic rings. The number of anilines is 1. The highest BCUT2D eigenvalue weighted by atomic mass is 19.1. The highest BCUT2D eigenvalue weighted by Crippen LogP contribution is 2.35. The van der Waals surface area contributed by atoms with Crippen molar-refractivity contribution in [3.8, 4) is 0 Å². The van der Waals surface area contributed by atoms with Crippen molar-refractivity contribution in [3.63, 3.8) is 0 Å². The topological polar surface area (TPSA) is 50.1 Å². The summed E-state index contributed by atoms with van der Waals surface area (Å²) < 4.78 is 28.7. The maximum Gasteiger partial charge on any atom is 0.149 e. The molecule has 3 nitrogen and oxygen atoms in total. The maximum absolute atomic E-state index is 14.4. The first-order valence-corrected chi connectivity index (χ1v) is 12.5. The van der Waals surface area contributed by atoms with Crippen LogP contribution in [0.3, 0.4) is 0 Å². The molecular weight excluding hydrogens is 440 g/mol. The first-order chi connectivity index (χ1) is 16.9. The first kappa shape index (κ1) is 24.9. The highest BCUT2D eigenvalue weighted by Gasteiger charge is 2.26. The van der Waals surface area contributed by atoms with E-state index in [-0.39, 0.29) is 17.8 Å². The molecule has 0 radical (unpaired) electrons. The molecule has 4 rings (SSSR count). The van der Waals surface area contributed by atoms with E-state index in [1.807, 2.05) is 6.92 Å². The molecule has 184 valence electrons. The fraction of sp³-hybridized carbons (Fsp3) is 0.333. The van der Waals surface area contributed by atoms with Gasteiger partial charge in [-0.1, -0.05) is 55.5 Å². The van der Waals surface area contributed by atoms with E-state index in [4.69, 9.17) is 5.73 Å². The summed E-state index contributed by atoms with van der Waals surface area (Å²) in [6.07, 6.45) is 11.1. The van der Waals surface area contributed by atoms with E-state index in [2.05, 4.69) is 67.0 Å². The largest absolute Gasteiger partial charge is 0.378 e. The Morgan fingerprint density at radius 2 is 1.83 bits per heavy atom. The molecule has 0 spiro atoms. The van der Waals surface area contributed by atoms with Gasteiger partial charge in [-0.2, -0.15) is 0 Å². The molecule has 0 bridgehead atoms. The van der Waals surface area contributed by atoms with Crippen molar-refractivity contribution in [2.45, 2.75) is 65.0 Å². The van der Waals surface area contributed by atoms with Crippen LogP contribution in [-0.2, 0) is 6.42 Å². The third-order valence-corrected chi connectivity index (χ3v) is 6.96. The number of nitrogens with two attached hydrogens (primary N) is 1. The van der Waals surface area contributed by atoms with E-state index < -0.39 is 11.6 Å². The van der Waals surface area contributed by atoms with Crippen LogP contribution in [-0.4, -0.2) is 6.04 Å². The molecular formula is C30H35F2N3. The van der Waals surface area contributed by atoms with Gasteiger partial charge in [-0.3, -0.25) is 0 Å². The summed E-state index contributed by atoms with van der Waals surface area (Å²) >= 11 is 0. The van der Waals surface area contributed by atoms with Crippen molar-refractivity contribution < 1.29 is 8.78 Å². The lowest BCUT2D eigenvalue weighted by Gasteiger charge is -2.28. The summed E-state index contributed by atoms with van der Waals surface area (Å²) in [5.74, 6) is -1.25. The van der Waals surface area contributed by atoms with Crippen molar-refractivity contribution in [2.24, 2.45) is 5.73 Å². The second kappa shape index (κ2) is 11.0. The maximum atomic E-state index is 14.4. The summed E-state index contributed by atoms with van der Waals surface area (Å²) in [5, 5.41) is 6.81. The van der Waals surface area contributed by atoms with Gasteiger partial charge in [0.2, 0.25) is 0 Å². The van der Waals surface area contributed by atoms with Crippen molar-refractivity contribution in [1.29, 1.82) is 0 Å². The van der Waals surface area contributed by atoms with Gasteiger partial charge in [0.1, 0.15) is 17.3 Å². The average molecular weight is 476 g/mol. The molecule has 0 aromatic heterocycles. The number of halogens is 2. The predicted octanol–water partition coefficient (Wildman–Crippen LogP) is 7.22. The SMILES string of the molecule is CC\C=C/C1=C(C)\C(=C(/C)Nc2c(F)cccc2F)C(N)CC/C=C\1NC1CCc2ccccc21. The second-order valence-electron chi connectivity index (χ2n) is 9.35. The summed E-state index contributed by atoms with van der Waals surface area (Å²) in [7, 11) is 0. The third-order valence-electron chi connectivity index (χ3n) is 6.96. The Morgan fingerprint density at radius 1 is 1.09 bits per heavy atom. The molecule has 0 heterocycles. The summed E-state index contributed by atoms with van der Waals surface area (Å²) in [6.45, 7) is 6.00. The number of nitrogens with one attached hydrogen (secondary N) is 2. The van der Waals surface area contributed by atoms with Crippen LogP contribution in [0.15, 0.2) is 88.8 Å². The molecule has 0 aliphatic heterocycles. The fourth-order valence-corrected chi connectivity index (χ4v) is 5.20. The Labute approximate surface area is 207 Å². The van der Waals surface area contributed by atoms with Gasteiger partial charge < -0.3 is 16.4 Å². The summed E-state index contributed by atoms with van der Waals surface area (Å²) in [5.41, 5.74) is 14.0. The van der Waals surface area contributed by atoms with Gasteiger partial charge in [0, 0.05) is 23.0 Å². The zero-order valence-electron chi connectivity index (χ0n) is 20.8. The number of rotatable bonds is 6. The van der Waals surface area contributed by atoms with E-state index in [0.717, 1.165) is 54.5 Å². The Bertz CT molecular complexity index is 1190. The molecule has 0 saturated heterocycles. The van der Waals surface area contributed by atoms with E-state index in [1.165, 1.54) is 29.3 Å². The number of fused-ring (bicyclic) bond motifs is 1. The smallest absolute Gasteiger partial charge is 0.149 e. The molecule has 0 amide bonds. The minimum absolute atomic E-state index is 0.151. The lowest BCUT2D eigenvalue weighted by molar-refractivity contribution is 0.588. The molecule has 35 heavy (non-hydrogen) atoms. The monoisotopic (exact) mass is 475 g/mol. The van der Waals surface area contributed by atoms with Gasteiger partial charge in [0.05, 0.1) is 6.04 Å². The van der Waals surface area contributed by atoms with Crippen LogP contribution in [0.25, 0.3) is 0 Å². The van der Waals surface area contributed by atoms with Gasteiger partial charge >= 0.3 is 0 Å². The van der Waals surface area contributed by atoms with Crippen LogP contribution >= 0.6 is 0 Å². The lowest BCUT2D eigenvalue weighted by Crippen LogP contribution is -2.29. The first-order valence-electron chi connectivity index (χ1n) is 12.5. The zero-order valence-corrected chi connectivity index (χ0v) is 20.8. The normalized spacial score (nSPS) is 25.5. The minimum Gasteiger partial charge on any atom is -0.378 e. The molecule has 4 N–H and O–H groups in total. The highest BCUT2D eigenvalue weighted by molar-refractivity contribution is 5.58. The van der Waals surface area contributed by atoms with Crippen LogP contribution < -0.4 is 16.4 Å². The van der Waals surface area contributed by atoms with E-state index >= 15 is 0 Å². The average Bonchev–Trinajstić information content (AvgIpc) is 3.24. The Hall–Kier alpha value is -3.18. The number of hydrogen-bond donors (Lipinski definition) is 3. The van der Waals surface area contributed by atoms with E-state index in [9.17, 15) is 8.78 Å². The van der Waals surface area contributed by atoms with Crippen molar-refractivity contribution in [3.05, 3.63) is 112 Å². The van der Waals surface area contributed by atoms with E-state index in [1.54, 1.807) is 0 Å². The Kier molecular flexibility index (Phi) is 7.86. The number of benzene rings is 2. The molecule has 0 saturated carbocycles. The number of hydrogen-bond acceptors (Lipinski definition) is 3. The molecule has 2 aliphatic carbocycles. The molecule has 0 fully saturated rings. The fourth-order valence-electron chi connectivity index (χ4n) is 5.20. The molecule has 5 heteroatoms. The molecule has 2 unspecified atom stereocenters. The van der Waals surface area contributed by atoms with Crippen LogP contribution in [0.5, 0.6) is 0 Å². The van der Waals surface area contributed by atoms with Crippen molar-refractivity contribution in [1.82, 2.24) is 5.32 Å². The van der Waals surface area contributed by atoms with Crippen LogP contribution in [0, 0.1) is 11.6 Å². The number of allylic oxidation sites excluding steroid dienone is 4. The van der Waals surface area contributed by atoms with Crippen LogP contribution in [0.2, 0.25) is 0 Å². The molecule has 2 aromatic rings. The lowest BCUT2D eigenvalue weighted by atomic mass is 9.87. The van der Waals surface area contributed by atoms with Crippen molar-refractivity contribution in [2.75, 3.05) is 5.32 Å².